The Morgan fingerprint density at radius 2 is 0.571 bits per heavy atom. The monoisotopic (exact) mass is 986 g/mol. The predicted molar refractivity (Wildman–Crippen MR) is 249 cm³/mol. The number of H-pyrrole nitrogens is 2. The summed E-state index contributed by atoms with van der Waals surface area (Å²) in [5, 5.41) is 0. The van der Waals surface area contributed by atoms with Crippen molar-refractivity contribution in [3.63, 3.8) is 0 Å². The van der Waals surface area contributed by atoms with E-state index in [-0.39, 0.29) is 0 Å². The molecule has 5 heterocycles. The first-order chi connectivity index (χ1) is 27.0. The highest BCUT2D eigenvalue weighted by atomic mass is 79.9. The maximum Gasteiger partial charge on any atom is 0.0738 e. The van der Waals surface area contributed by atoms with Gasteiger partial charge in [-0.1, -0.05) is 63.7 Å². The molecule has 2 aliphatic rings. The lowest BCUT2D eigenvalue weighted by molar-refractivity contribution is 1.31. The van der Waals surface area contributed by atoms with Gasteiger partial charge in [-0.2, -0.15) is 0 Å². The van der Waals surface area contributed by atoms with Gasteiger partial charge < -0.3 is 32.9 Å². The largest absolute Gasteiger partial charge is 0.398 e. The fraction of sp³-hybridized carbons (Fsp3) is 0. The van der Waals surface area contributed by atoms with E-state index in [9.17, 15) is 0 Å². The quantitative estimate of drug-likeness (QED) is 0.0962. The van der Waals surface area contributed by atoms with Crippen LogP contribution in [0.2, 0.25) is 0 Å². The highest BCUT2D eigenvalue weighted by molar-refractivity contribution is 9.11. The smallest absolute Gasteiger partial charge is 0.0738 e. The van der Waals surface area contributed by atoms with Crippen LogP contribution in [0.3, 0.4) is 0 Å². The highest BCUT2D eigenvalue weighted by Crippen LogP contribution is 2.43. The zero-order chi connectivity index (χ0) is 38.8. The fourth-order valence-electron chi connectivity index (χ4n) is 7.32. The lowest BCUT2D eigenvalue weighted by atomic mass is 10.0. The molecule has 3 aromatic heterocycles. The lowest BCUT2D eigenvalue weighted by Crippen LogP contribution is -1.95. The van der Waals surface area contributed by atoms with Crippen molar-refractivity contribution < 1.29 is 0 Å². The molecule has 7 aromatic rings. The molecular formula is C44H30Br4N8. The number of halogens is 4. The Morgan fingerprint density at radius 3 is 0.804 bits per heavy atom. The van der Waals surface area contributed by atoms with Crippen molar-refractivity contribution in [2.24, 2.45) is 0 Å². The van der Waals surface area contributed by atoms with E-state index in [0.717, 1.165) is 107 Å². The Hall–Kier alpha value is -5.40. The van der Waals surface area contributed by atoms with E-state index >= 15 is 0 Å². The van der Waals surface area contributed by atoms with Crippen molar-refractivity contribution in [2.75, 3.05) is 22.9 Å². The van der Waals surface area contributed by atoms with E-state index in [1.54, 1.807) is 0 Å². The van der Waals surface area contributed by atoms with Crippen molar-refractivity contribution in [2.45, 2.75) is 0 Å². The number of hydrogen-bond acceptors (Lipinski definition) is 6. The van der Waals surface area contributed by atoms with Gasteiger partial charge in [0.15, 0.2) is 0 Å². The van der Waals surface area contributed by atoms with E-state index in [0.29, 0.717) is 22.7 Å². The summed E-state index contributed by atoms with van der Waals surface area (Å²) in [6, 6.07) is 31.5. The van der Waals surface area contributed by atoms with E-state index < -0.39 is 0 Å². The second kappa shape index (κ2) is 14.3. The number of anilines is 4. The molecule has 0 unspecified atom stereocenters. The van der Waals surface area contributed by atoms with Crippen LogP contribution in [0.1, 0.15) is 22.8 Å². The number of nitrogens with two attached hydrogens (primary N) is 4. The Balaban J connectivity index is 1.52. The minimum Gasteiger partial charge on any atom is -0.398 e. The van der Waals surface area contributed by atoms with Crippen molar-refractivity contribution >= 4 is 133 Å². The molecule has 0 radical (unpaired) electrons. The van der Waals surface area contributed by atoms with Crippen molar-refractivity contribution in [3.05, 3.63) is 138 Å². The molecule has 0 fully saturated rings. The lowest BCUT2D eigenvalue weighted by Gasteiger charge is -2.11. The maximum absolute atomic E-state index is 6.75. The summed E-state index contributed by atoms with van der Waals surface area (Å²) in [5.74, 6) is 0. The summed E-state index contributed by atoms with van der Waals surface area (Å²) in [6.07, 6.45) is 8.07. The normalized spacial score (nSPS) is 12.1. The Morgan fingerprint density at radius 1 is 0.339 bits per heavy atom. The van der Waals surface area contributed by atoms with E-state index in [1.807, 2.05) is 121 Å². The van der Waals surface area contributed by atoms with E-state index in [4.69, 9.17) is 32.9 Å². The molecule has 4 aromatic carbocycles. The zero-order valence-corrected chi connectivity index (χ0v) is 35.6. The molecule has 2 aliphatic heterocycles. The van der Waals surface area contributed by atoms with Gasteiger partial charge in [-0.25, -0.2) is 9.97 Å². The third-order valence-corrected chi connectivity index (χ3v) is 11.9. The summed E-state index contributed by atoms with van der Waals surface area (Å²) in [5.41, 5.74) is 42.0. The molecule has 10 N–H and O–H groups in total. The number of fused-ring (bicyclic) bond motifs is 8. The molecule has 274 valence electrons. The molecule has 0 saturated carbocycles. The van der Waals surface area contributed by atoms with Crippen LogP contribution in [0, 0.1) is 0 Å². The average Bonchev–Trinajstić information content (AvgIpc) is 4.01. The minimum absolute atomic E-state index is 0.602. The van der Waals surface area contributed by atoms with Gasteiger partial charge in [-0.3, -0.25) is 0 Å². The van der Waals surface area contributed by atoms with Crippen LogP contribution in [0.25, 0.3) is 90.9 Å². The summed E-state index contributed by atoms with van der Waals surface area (Å²) in [6.45, 7) is 0. The minimum atomic E-state index is 0.602. The molecule has 8 nitrogen and oxygen atoms in total. The molecule has 0 amide bonds. The van der Waals surface area contributed by atoms with Gasteiger partial charge in [0.05, 0.1) is 22.8 Å². The van der Waals surface area contributed by atoms with E-state index in [2.05, 4.69) is 73.7 Å². The molecule has 0 saturated heterocycles. The van der Waals surface area contributed by atoms with Crippen LogP contribution in [0.5, 0.6) is 0 Å². The van der Waals surface area contributed by atoms with Gasteiger partial charge in [-0.05, 0) is 121 Å². The number of nitrogens with zero attached hydrogens (tertiary/aromatic N) is 2. The Bertz CT molecular complexity index is 2640. The second-order valence-electron chi connectivity index (χ2n) is 13.4. The van der Waals surface area contributed by atoms with Gasteiger partial charge in [0.1, 0.15) is 0 Å². The number of rotatable bonds is 4. The molecular weight excluding hydrogens is 960 g/mol. The number of benzene rings is 4. The average molecular weight is 990 g/mol. The molecule has 12 heteroatoms. The number of nitrogen functional groups attached to an aromatic ring is 4. The molecule has 0 spiro atoms. The first kappa shape index (κ1) is 36.3. The molecule has 8 bridgehead atoms. The highest BCUT2D eigenvalue weighted by Gasteiger charge is 2.22. The van der Waals surface area contributed by atoms with Crippen molar-refractivity contribution in [3.8, 4) is 44.5 Å². The third-order valence-electron chi connectivity index (χ3n) is 9.89. The first-order valence-electron chi connectivity index (χ1n) is 17.4. The standard InChI is InChI=1S/C44H30Br4N8/c45-21-1-5-29(49)25(17-21)41-33-9-11-35(53-33)42(26-18-22(46)2-6-30(26)50)37-13-15-39(55-37)44(28-20-24(48)4-8-32(28)52)40-16-14-38(56-40)43(36-12-10-34(41)54-36)27-19-23(47)3-7-31(27)51/h1-20,53,56H,49-52H2. The Kier molecular flexibility index (Phi) is 9.24. The topological polar surface area (TPSA) is 161 Å². The molecule has 0 aliphatic carbocycles. The fourth-order valence-corrected chi connectivity index (χ4v) is 8.76. The number of aromatic nitrogens is 4. The SMILES string of the molecule is Nc1ccc(Br)cc1-c1c2nc(c(-c3cc(Br)ccc3N)c3ccc([nH]3)c(-c3cc(Br)ccc3N)c3nc(c(-c4cc(Br)ccc4N)c4ccc1[nH]4)C=C3)C=C2. The zero-order valence-electron chi connectivity index (χ0n) is 29.3. The summed E-state index contributed by atoms with van der Waals surface area (Å²) >= 11 is 14.7. The van der Waals surface area contributed by atoms with Crippen LogP contribution in [0.15, 0.2) is 115 Å². The maximum atomic E-state index is 6.75. The third kappa shape index (κ3) is 6.46. The Labute approximate surface area is 355 Å². The first-order valence-corrected chi connectivity index (χ1v) is 20.6. The van der Waals surface area contributed by atoms with Gasteiger partial charge in [0.25, 0.3) is 0 Å². The van der Waals surface area contributed by atoms with Crippen LogP contribution < -0.4 is 22.9 Å². The molecule has 56 heavy (non-hydrogen) atoms. The van der Waals surface area contributed by atoms with Crippen molar-refractivity contribution in [1.29, 1.82) is 0 Å². The number of aromatic amines is 2. The van der Waals surface area contributed by atoms with E-state index in [1.165, 1.54) is 0 Å². The number of nitrogens with one attached hydrogen (secondary N) is 2. The predicted octanol–water partition coefficient (Wildman–Crippen LogP) is 12.7. The van der Waals surface area contributed by atoms with Crippen LogP contribution in [0.4, 0.5) is 22.7 Å². The van der Waals surface area contributed by atoms with Gasteiger partial charge in [-0.15, -0.1) is 0 Å². The summed E-state index contributed by atoms with van der Waals surface area (Å²) in [4.78, 5) is 18.2. The van der Waals surface area contributed by atoms with Crippen molar-refractivity contribution in [1.82, 2.24) is 19.9 Å². The van der Waals surface area contributed by atoms with Gasteiger partial charge in [0, 0.05) is 107 Å². The van der Waals surface area contributed by atoms with Crippen LogP contribution >= 0.6 is 63.7 Å². The number of hydrogen-bond donors (Lipinski definition) is 6. The molecule has 0 atom stereocenters. The van der Waals surface area contributed by atoms with Crippen LogP contribution in [-0.4, -0.2) is 19.9 Å². The van der Waals surface area contributed by atoms with Gasteiger partial charge in [0.2, 0.25) is 0 Å². The molecule has 9 rings (SSSR count). The van der Waals surface area contributed by atoms with Crippen LogP contribution in [-0.2, 0) is 0 Å². The summed E-state index contributed by atoms with van der Waals surface area (Å²) < 4.78 is 3.53. The second-order valence-corrected chi connectivity index (χ2v) is 17.1. The summed E-state index contributed by atoms with van der Waals surface area (Å²) in [7, 11) is 0. The van der Waals surface area contributed by atoms with Gasteiger partial charge >= 0.3 is 0 Å².